The summed E-state index contributed by atoms with van der Waals surface area (Å²) in [6.45, 7) is 1.23. The van der Waals surface area contributed by atoms with E-state index in [4.69, 9.17) is 4.74 Å². The van der Waals surface area contributed by atoms with Crippen molar-refractivity contribution in [1.82, 2.24) is 5.32 Å². The highest BCUT2D eigenvalue weighted by molar-refractivity contribution is 5.94. The topological polar surface area (TPSA) is 55.4 Å². The molecule has 0 unspecified atom stereocenters. The Labute approximate surface area is 168 Å². The average Bonchev–Trinajstić information content (AvgIpc) is 2.75. The Kier molecular flexibility index (Phi) is 10.5. The lowest BCUT2D eigenvalue weighted by Gasteiger charge is -2.06. The summed E-state index contributed by atoms with van der Waals surface area (Å²) in [5, 5.41) is 2.96. The minimum atomic E-state index is -0.236. The zero-order valence-electron chi connectivity index (χ0n) is 16.6. The molecular weight excluding hydrogens is 350 g/mol. The maximum Gasteiger partial charge on any atom is 0.338 e. The number of carbonyl (C=O) groups excluding carboxylic acids is 2. The van der Waals surface area contributed by atoms with Gasteiger partial charge in [-0.3, -0.25) is 4.79 Å². The van der Waals surface area contributed by atoms with Crippen molar-refractivity contribution in [2.45, 2.75) is 51.4 Å². The van der Waals surface area contributed by atoms with E-state index in [0.717, 1.165) is 37.8 Å². The van der Waals surface area contributed by atoms with Crippen molar-refractivity contribution >= 4 is 11.9 Å². The zero-order valence-corrected chi connectivity index (χ0v) is 16.6. The van der Waals surface area contributed by atoms with Crippen LogP contribution < -0.4 is 5.32 Å². The highest BCUT2D eigenvalue weighted by Crippen LogP contribution is 2.09. The first-order valence-corrected chi connectivity index (χ1v) is 10.3. The first-order valence-electron chi connectivity index (χ1n) is 10.3. The summed E-state index contributed by atoms with van der Waals surface area (Å²) < 4.78 is 5.28. The predicted octanol–water partition coefficient (Wildman–Crippen LogP) is 5.39. The minimum Gasteiger partial charge on any atom is -0.462 e. The van der Waals surface area contributed by atoms with Gasteiger partial charge in [0.05, 0.1) is 12.2 Å². The lowest BCUT2D eigenvalue weighted by Crippen LogP contribution is -2.24. The van der Waals surface area contributed by atoms with Crippen LogP contribution in [0.1, 0.15) is 72.1 Å². The summed E-state index contributed by atoms with van der Waals surface area (Å²) >= 11 is 0. The lowest BCUT2D eigenvalue weighted by atomic mass is 10.1. The number of benzene rings is 2. The van der Waals surface area contributed by atoms with E-state index < -0.39 is 0 Å². The van der Waals surface area contributed by atoms with E-state index in [0.29, 0.717) is 12.2 Å². The van der Waals surface area contributed by atoms with Gasteiger partial charge in [0.15, 0.2) is 0 Å². The number of rotatable bonds is 13. The summed E-state index contributed by atoms with van der Waals surface area (Å²) in [5.74, 6) is -0.228. The Morgan fingerprint density at radius 2 is 1.14 bits per heavy atom. The van der Waals surface area contributed by atoms with Crippen molar-refractivity contribution in [3.8, 4) is 0 Å². The fourth-order valence-corrected chi connectivity index (χ4v) is 3.00. The molecule has 28 heavy (non-hydrogen) atoms. The molecular formula is C24H31NO3. The highest BCUT2D eigenvalue weighted by atomic mass is 16.5. The molecule has 2 aromatic rings. The molecule has 2 aromatic carbocycles. The van der Waals surface area contributed by atoms with Crippen LogP contribution in [0, 0.1) is 0 Å². The molecule has 0 saturated carbocycles. The summed E-state index contributed by atoms with van der Waals surface area (Å²) in [5.41, 5.74) is 1.33. The Hall–Kier alpha value is -2.62. The number of hydrogen-bond donors (Lipinski definition) is 1. The second-order valence-corrected chi connectivity index (χ2v) is 6.95. The molecule has 0 spiro atoms. The van der Waals surface area contributed by atoms with E-state index in [2.05, 4.69) is 5.32 Å². The third kappa shape index (κ3) is 8.85. The molecule has 0 aromatic heterocycles. The minimum absolute atomic E-state index is 0.00793. The summed E-state index contributed by atoms with van der Waals surface area (Å²) in [6.07, 6.45) is 8.98. The van der Waals surface area contributed by atoms with Crippen molar-refractivity contribution in [2.24, 2.45) is 0 Å². The van der Waals surface area contributed by atoms with Gasteiger partial charge in [0.1, 0.15) is 0 Å². The molecule has 150 valence electrons. The third-order valence-corrected chi connectivity index (χ3v) is 4.64. The van der Waals surface area contributed by atoms with Crippen LogP contribution in [0.25, 0.3) is 0 Å². The zero-order chi connectivity index (χ0) is 19.9. The summed E-state index contributed by atoms with van der Waals surface area (Å²) in [6, 6.07) is 18.4. The molecule has 0 aliphatic heterocycles. The molecule has 0 fully saturated rings. The Morgan fingerprint density at radius 3 is 1.75 bits per heavy atom. The lowest BCUT2D eigenvalue weighted by molar-refractivity contribution is 0.0497. The van der Waals surface area contributed by atoms with Gasteiger partial charge in [-0.25, -0.2) is 4.79 Å². The fraction of sp³-hybridized carbons (Fsp3) is 0.417. The Bertz CT molecular complexity index is 624. The van der Waals surface area contributed by atoms with E-state index in [-0.39, 0.29) is 11.9 Å². The van der Waals surface area contributed by atoms with Crippen LogP contribution in [0.15, 0.2) is 60.7 Å². The monoisotopic (exact) mass is 381 g/mol. The Balaban J connectivity index is 1.36. The number of nitrogens with one attached hydrogen (secondary N) is 1. The molecule has 0 radical (unpaired) electrons. The Morgan fingerprint density at radius 1 is 0.643 bits per heavy atom. The van der Waals surface area contributed by atoms with Gasteiger partial charge in [-0.15, -0.1) is 0 Å². The van der Waals surface area contributed by atoms with Crippen LogP contribution in [-0.2, 0) is 4.74 Å². The van der Waals surface area contributed by atoms with Crippen LogP contribution in [0.4, 0.5) is 0 Å². The van der Waals surface area contributed by atoms with Crippen LogP contribution in [0.3, 0.4) is 0 Å². The molecule has 1 N–H and O–H groups in total. The number of unbranched alkanes of at least 4 members (excludes halogenated alkanes) is 7. The molecule has 0 saturated heterocycles. The maximum atomic E-state index is 11.9. The van der Waals surface area contributed by atoms with Gasteiger partial charge in [-0.1, -0.05) is 74.9 Å². The van der Waals surface area contributed by atoms with E-state index in [1.54, 1.807) is 12.1 Å². The van der Waals surface area contributed by atoms with Crippen LogP contribution in [0.5, 0.6) is 0 Å². The molecule has 0 aliphatic carbocycles. The molecule has 0 aliphatic rings. The van der Waals surface area contributed by atoms with Crippen molar-refractivity contribution in [3.63, 3.8) is 0 Å². The van der Waals surface area contributed by atoms with E-state index in [1.807, 2.05) is 48.5 Å². The van der Waals surface area contributed by atoms with Crippen molar-refractivity contribution in [1.29, 1.82) is 0 Å². The van der Waals surface area contributed by atoms with Gasteiger partial charge in [-0.05, 0) is 37.1 Å². The number of esters is 1. The average molecular weight is 382 g/mol. The van der Waals surface area contributed by atoms with E-state index >= 15 is 0 Å². The number of carbonyl (C=O) groups is 2. The molecule has 4 nitrogen and oxygen atoms in total. The first-order chi connectivity index (χ1) is 13.8. The van der Waals surface area contributed by atoms with Crippen LogP contribution >= 0.6 is 0 Å². The van der Waals surface area contributed by atoms with Crippen molar-refractivity contribution in [3.05, 3.63) is 71.8 Å². The molecule has 0 atom stereocenters. The predicted molar refractivity (Wildman–Crippen MR) is 112 cm³/mol. The van der Waals surface area contributed by atoms with Gasteiger partial charge in [-0.2, -0.15) is 0 Å². The number of hydrogen-bond acceptors (Lipinski definition) is 3. The van der Waals surface area contributed by atoms with Crippen molar-refractivity contribution in [2.75, 3.05) is 13.2 Å². The van der Waals surface area contributed by atoms with Crippen LogP contribution in [-0.4, -0.2) is 25.0 Å². The summed E-state index contributed by atoms with van der Waals surface area (Å²) in [4.78, 5) is 23.7. The number of ether oxygens (including phenoxy) is 1. The van der Waals surface area contributed by atoms with Crippen LogP contribution in [0.2, 0.25) is 0 Å². The molecule has 0 heterocycles. The molecule has 4 heteroatoms. The second-order valence-electron chi connectivity index (χ2n) is 6.95. The maximum absolute atomic E-state index is 11.9. The standard InChI is InChI=1S/C24H31NO3/c26-23(21-15-9-7-10-16-21)25-19-13-5-3-1-2-4-6-14-20-28-24(27)22-17-11-8-12-18-22/h7-12,15-18H,1-6,13-14,19-20H2,(H,25,26). The van der Waals surface area contributed by atoms with Gasteiger partial charge in [0.2, 0.25) is 0 Å². The van der Waals surface area contributed by atoms with Gasteiger partial charge in [0.25, 0.3) is 5.91 Å². The largest absolute Gasteiger partial charge is 0.462 e. The quantitative estimate of drug-likeness (QED) is 0.374. The van der Waals surface area contributed by atoms with Gasteiger partial charge < -0.3 is 10.1 Å². The van der Waals surface area contributed by atoms with E-state index in [9.17, 15) is 9.59 Å². The summed E-state index contributed by atoms with van der Waals surface area (Å²) in [7, 11) is 0. The SMILES string of the molecule is O=C(NCCCCCCCCCCOC(=O)c1ccccc1)c1ccccc1. The smallest absolute Gasteiger partial charge is 0.338 e. The molecule has 2 rings (SSSR count). The fourth-order valence-electron chi connectivity index (χ4n) is 3.00. The van der Waals surface area contributed by atoms with Gasteiger partial charge in [0, 0.05) is 12.1 Å². The number of amides is 1. The highest BCUT2D eigenvalue weighted by Gasteiger charge is 2.05. The normalized spacial score (nSPS) is 10.4. The van der Waals surface area contributed by atoms with Crippen molar-refractivity contribution < 1.29 is 14.3 Å². The molecule has 1 amide bonds. The first kappa shape index (κ1) is 21.7. The molecule has 0 bridgehead atoms. The second kappa shape index (κ2) is 13.5. The van der Waals surface area contributed by atoms with Gasteiger partial charge >= 0.3 is 5.97 Å². The third-order valence-electron chi connectivity index (χ3n) is 4.64. The van der Waals surface area contributed by atoms with E-state index in [1.165, 1.54) is 25.7 Å².